The highest BCUT2D eigenvalue weighted by molar-refractivity contribution is 5.93. The van der Waals surface area contributed by atoms with Gasteiger partial charge >= 0.3 is 0 Å². The quantitative estimate of drug-likeness (QED) is 0.642. The van der Waals surface area contributed by atoms with E-state index in [1.807, 2.05) is 0 Å². The molecule has 1 aliphatic rings. The minimum atomic E-state index is -0.329. The first-order valence-corrected chi connectivity index (χ1v) is 5.52. The van der Waals surface area contributed by atoms with E-state index in [0.29, 0.717) is 13.0 Å². The molecule has 2 aromatic rings. The van der Waals surface area contributed by atoms with Gasteiger partial charge < -0.3 is 4.98 Å². The topological polar surface area (TPSA) is 108 Å². The van der Waals surface area contributed by atoms with E-state index in [1.165, 1.54) is 12.4 Å². The van der Waals surface area contributed by atoms with Crippen LogP contribution in [0.15, 0.2) is 18.7 Å². The summed E-state index contributed by atoms with van der Waals surface area (Å²) in [6, 6.07) is -0.329. The molecule has 1 atom stereocenters. The Labute approximate surface area is 102 Å². The van der Waals surface area contributed by atoms with Crippen LogP contribution in [0.5, 0.6) is 0 Å². The van der Waals surface area contributed by atoms with E-state index in [9.17, 15) is 4.79 Å². The van der Waals surface area contributed by atoms with E-state index in [2.05, 4.69) is 35.8 Å². The Morgan fingerprint density at radius 3 is 3.17 bits per heavy atom. The van der Waals surface area contributed by atoms with Crippen LogP contribution in [0.3, 0.4) is 0 Å². The number of carbonyl (C=O) groups excluding carboxylic acids is 1. The molecule has 0 radical (unpaired) electrons. The molecule has 8 heteroatoms. The fraction of sp³-hybridized carbons (Fsp3) is 0.300. The van der Waals surface area contributed by atoms with Gasteiger partial charge in [0.05, 0.1) is 36.2 Å². The predicted octanol–water partition coefficient (Wildman–Crippen LogP) is -0.752. The number of aromatic amines is 1. The van der Waals surface area contributed by atoms with Crippen molar-refractivity contribution >= 4 is 11.9 Å². The van der Waals surface area contributed by atoms with Crippen LogP contribution in [0.4, 0.5) is 5.95 Å². The standard InChI is InChI=1S/C10H11N7O/c18-9(16-10-11-1-2-15-17-10)7-3-6-8(4-12-7)14-5-13-6/h1-2,5,7,12H,3-4H2,(H,13,14)(H,11,16,17,18). The molecule has 0 saturated carbocycles. The monoisotopic (exact) mass is 245 g/mol. The third-order valence-corrected chi connectivity index (χ3v) is 2.76. The Bertz CT molecular complexity index is 552. The van der Waals surface area contributed by atoms with Crippen LogP contribution in [-0.4, -0.2) is 37.1 Å². The summed E-state index contributed by atoms with van der Waals surface area (Å²) in [5.74, 6) is 0.0220. The van der Waals surface area contributed by atoms with E-state index < -0.39 is 0 Å². The maximum atomic E-state index is 12.0. The Kier molecular flexibility index (Phi) is 2.69. The number of amides is 1. The summed E-state index contributed by atoms with van der Waals surface area (Å²) in [6.45, 7) is 0.599. The maximum absolute atomic E-state index is 12.0. The van der Waals surface area contributed by atoms with Crippen LogP contribution in [0, 0.1) is 0 Å². The molecule has 1 unspecified atom stereocenters. The number of anilines is 1. The molecule has 0 aliphatic carbocycles. The summed E-state index contributed by atoms with van der Waals surface area (Å²) in [6.07, 6.45) is 5.11. The lowest BCUT2D eigenvalue weighted by Crippen LogP contribution is -2.45. The Hall–Kier alpha value is -2.35. The van der Waals surface area contributed by atoms with Gasteiger partial charge in [0.15, 0.2) is 0 Å². The van der Waals surface area contributed by atoms with Crippen molar-refractivity contribution in [2.75, 3.05) is 5.32 Å². The summed E-state index contributed by atoms with van der Waals surface area (Å²) in [5, 5.41) is 13.1. The molecule has 0 aromatic carbocycles. The second-order valence-electron chi connectivity index (χ2n) is 3.92. The highest BCUT2D eigenvalue weighted by Crippen LogP contribution is 2.12. The van der Waals surface area contributed by atoms with Crippen LogP contribution in [-0.2, 0) is 17.8 Å². The van der Waals surface area contributed by atoms with Gasteiger partial charge in [0.25, 0.3) is 0 Å². The molecule has 2 aromatic heterocycles. The molecule has 0 spiro atoms. The molecular weight excluding hydrogens is 234 g/mol. The zero-order chi connectivity index (χ0) is 12.4. The van der Waals surface area contributed by atoms with Crippen molar-refractivity contribution in [3.8, 4) is 0 Å². The number of rotatable bonds is 2. The largest absolute Gasteiger partial charge is 0.347 e. The van der Waals surface area contributed by atoms with E-state index in [1.54, 1.807) is 6.33 Å². The summed E-state index contributed by atoms with van der Waals surface area (Å²) < 4.78 is 0. The molecule has 0 saturated heterocycles. The van der Waals surface area contributed by atoms with Gasteiger partial charge in [-0.2, -0.15) is 5.10 Å². The highest BCUT2D eigenvalue weighted by atomic mass is 16.2. The van der Waals surface area contributed by atoms with Gasteiger partial charge in [0.2, 0.25) is 11.9 Å². The SMILES string of the molecule is O=C(Nc1nccnn1)C1Cc2nc[nH]c2CN1. The maximum Gasteiger partial charge on any atom is 0.249 e. The second kappa shape index (κ2) is 4.49. The zero-order valence-corrected chi connectivity index (χ0v) is 9.42. The van der Waals surface area contributed by atoms with Crippen LogP contribution in [0.2, 0.25) is 0 Å². The van der Waals surface area contributed by atoms with Crippen molar-refractivity contribution in [1.29, 1.82) is 0 Å². The summed E-state index contributed by atoms with van der Waals surface area (Å²) in [7, 11) is 0. The van der Waals surface area contributed by atoms with Crippen molar-refractivity contribution in [2.45, 2.75) is 19.0 Å². The van der Waals surface area contributed by atoms with Crippen molar-refractivity contribution in [1.82, 2.24) is 30.5 Å². The molecular formula is C10H11N7O. The number of fused-ring (bicyclic) bond motifs is 1. The number of imidazole rings is 1. The van der Waals surface area contributed by atoms with Gasteiger partial charge in [-0.1, -0.05) is 0 Å². The van der Waals surface area contributed by atoms with Crippen molar-refractivity contribution in [2.24, 2.45) is 0 Å². The second-order valence-corrected chi connectivity index (χ2v) is 3.92. The molecule has 18 heavy (non-hydrogen) atoms. The molecule has 0 fully saturated rings. The first-order valence-electron chi connectivity index (χ1n) is 5.52. The number of nitrogens with one attached hydrogen (secondary N) is 3. The van der Waals surface area contributed by atoms with E-state index >= 15 is 0 Å². The van der Waals surface area contributed by atoms with E-state index in [0.717, 1.165) is 11.4 Å². The average molecular weight is 245 g/mol. The van der Waals surface area contributed by atoms with Gasteiger partial charge in [-0.25, -0.2) is 9.97 Å². The minimum Gasteiger partial charge on any atom is -0.347 e. The van der Waals surface area contributed by atoms with E-state index in [4.69, 9.17) is 0 Å². The summed E-state index contributed by atoms with van der Waals surface area (Å²) in [5.41, 5.74) is 1.94. The highest BCUT2D eigenvalue weighted by Gasteiger charge is 2.26. The van der Waals surface area contributed by atoms with Crippen molar-refractivity contribution in [3.05, 3.63) is 30.1 Å². The molecule has 3 heterocycles. The van der Waals surface area contributed by atoms with Crippen molar-refractivity contribution < 1.29 is 4.79 Å². The van der Waals surface area contributed by atoms with Crippen LogP contribution in [0.25, 0.3) is 0 Å². The van der Waals surface area contributed by atoms with Gasteiger partial charge in [-0.05, 0) is 0 Å². The normalized spacial score (nSPS) is 18.1. The Morgan fingerprint density at radius 1 is 1.39 bits per heavy atom. The van der Waals surface area contributed by atoms with Gasteiger partial charge in [0, 0.05) is 13.0 Å². The number of hydrogen-bond acceptors (Lipinski definition) is 6. The van der Waals surface area contributed by atoms with Gasteiger partial charge in [-0.3, -0.25) is 15.4 Å². The van der Waals surface area contributed by atoms with Gasteiger partial charge in [0.1, 0.15) is 0 Å². The number of aromatic nitrogens is 5. The molecule has 3 rings (SSSR count). The number of H-pyrrole nitrogens is 1. The predicted molar refractivity (Wildman–Crippen MR) is 61.4 cm³/mol. The molecule has 92 valence electrons. The Balaban J connectivity index is 1.68. The third kappa shape index (κ3) is 2.05. The van der Waals surface area contributed by atoms with E-state index in [-0.39, 0.29) is 17.9 Å². The fourth-order valence-corrected chi connectivity index (χ4v) is 1.86. The van der Waals surface area contributed by atoms with Gasteiger partial charge in [-0.15, -0.1) is 5.10 Å². The molecule has 3 N–H and O–H groups in total. The zero-order valence-electron chi connectivity index (χ0n) is 9.42. The lowest BCUT2D eigenvalue weighted by molar-refractivity contribution is -0.118. The van der Waals surface area contributed by atoms with Crippen LogP contribution >= 0.6 is 0 Å². The lowest BCUT2D eigenvalue weighted by Gasteiger charge is -2.21. The molecule has 1 aliphatic heterocycles. The molecule has 8 nitrogen and oxygen atoms in total. The Morgan fingerprint density at radius 2 is 2.33 bits per heavy atom. The number of carbonyl (C=O) groups is 1. The number of hydrogen-bond donors (Lipinski definition) is 3. The van der Waals surface area contributed by atoms with Crippen LogP contribution < -0.4 is 10.6 Å². The third-order valence-electron chi connectivity index (χ3n) is 2.76. The average Bonchev–Trinajstić information content (AvgIpc) is 2.87. The van der Waals surface area contributed by atoms with Crippen molar-refractivity contribution in [3.63, 3.8) is 0 Å². The smallest absolute Gasteiger partial charge is 0.249 e. The first kappa shape index (κ1) is 10.8. The lowest BCUT2D eigenvalue weighted by atomic mass is 10.1. The van der Waals surface area contributed by atoms with Crippen LogP contribution in [0.1, 0.15) is 11.4 Å². The first-order chi connectivity index (χ1) is 8.83. The number of nitrogens with zero attached hydrogens (tertiary/aromatic N) is 4. The summed E-state index contributed by atoms with van der Waals surface area (Å²) in [4.78, 5) is 23.1. The fourth-order valence-electron chi connectivity index (χ4n) is 1.86. The molecule has 1 amide bonds. The molecule has 0 bridgehead atoms. The minimum absolute atomic E-state index is 0.184. The summed E-state index contributed by atoms with van der Waals surface area (Å²) >= 11 is 0.